The first-order chi connectivity index (χ1) is 56.4. The molecule has 6 aromatic heterocycles. The fourth-order valence-corrected chi connectivity index (χ4v) is 23.8. The number of piperidine rings is 6. The maximum atomic E-state index is 15.0. The number of rotatable bonds is 9. The molecule has 6 aromatic rings. The first-order valence-electron chi connectivity index (χ1n) is 41.6. The Morgan fingerprint density at radius 2 is 0.785 bits per heavy atom. The van der Waals surface area contributed by atoms with Crippen LogP contribution in [0.1, 0.15) is 172 Å². The molecule has 6 amide bonds. The number of ether oxygens (including phenoxy) is 3. The summed E-state index contributed by atoms with van der Waals surface area (Å²) in [7, 11) is 0. The number of aliphatic hydroxyl groups is 1. The molecule has 3 aliphatic carbocycles. The van der Waals surface area contributed by atoms with Gasteiger partial charge in [-0.05, 0) is 145 Å². The second-order valence-electron chi connectivity index (χ2n) is 38.6. The van der Waals surface area contributed by atoms with Crippen LogP contribution in [0.15, 0.2) is 36.8 Å². The first kappa shape index (κ1) is 86.3. The Kier molecular flexibility index (Phi) is 21.4. The zero-order chi connectivity index (χ0) is 87.2. The number of Topliss-reactive ketones (excluding diaryl/α,β-unsaturated/α-hetero) is 1. The van der Waals surface area contributed by atoms with Crippen molar-refractivity contribution in [2.24, 2.45) is 34.0 Å². The van der Waals surface area contributed by atoms with Crippen molar-refractivity contribution in [1.82, 2.24) is 44.4 Å². The second-order valence-corrected chi connectivity index (χ2v) is 41.9. The van der Waals surface area contributed by atoms with E-state index in [2.05, 4.69) is 15.0 Å². The van der Waals surface area contributed by atoms with Crippen LogP contribution >= 0.6 is 34.0 Å². The van der Waals surface area contributed by atoms with Crippen molar-refractivity contribution in [1.29, 1.82) is 0 Å². The topological polar surface area (TPSA) is 235 Å². The summed E-state index contributed by atoms with van der Waals surface area (Å²) in [5.74, 6) is -6.30. The van der Waals surface area contributed by atoms with E-state index in [0.29, 0.717) is 147 Å². The van der Waals surface area contributed by atoms with Crippen molar-refractivity contribution in [2.75, 3.05) is 93.2 Å². The van der Waals surface area contributed by atoms with Crippen molar-refractivity contribution >= 4 is 124 Å². The summed E-state index contributed by atoms with van der Waals surface area (Å²) in [4.78, 5) is 124. The molecule has 37 heteroatoms. The van der Waals surface area contributed by atoms with Gasteiger partial charge in [-0.15, -0.1) is 34.0 Å². The van der Waals surface area contributed by atoms with Crippen LogP contribution in [0.25, 0.3) is 30.6 Å². The number of thiophene rings is 3. The number of hydrogen-bond acceptors (Lipinski definition) is 20. The Balaban J connectivity index is 0.000000135. The van der Waals surface area contributed by atoms with Gasteiger partial charge in [0, 0.05) is 187 Å². The van der Waals surface area contributed by atoms with Gasteiger partial charge in [-0.1, -0.05) is 20.8 Å². The minimum Gasteiger partial charge on any atom is -0.444 e. The molecule has 21 rings (SSSR count). The van der Waals surface area contributed by atoms with Crippen LogP contribution in [-0.2, 0) is 71.2 Å². The third-order valence-corrected chi connectivity index (χ3v) is 29.7. The van der Waals surface area contributed by atoms with Crippen molar-refractivity contribution in [2.45, 2.75) is 244 Å². The Hall–Kier alpha value is -8.19. The minimum absolute atomic E-state index is 0.00283. The van der Waals surface area contributed by atoms with Gasteiger partial charge in [-0.3, -0.25) is 33.9 Å². The predicted molar refractivity (Wildman–Crippen MR) is 431 cm³/mol. The number of pyridine rings is 3. The standard InChI is InChI=1S/C28H33F5N4O3S.C28H35F3N4O4S.C28H33F3N4O4S/c1-5-16-8-17-20(19(28(31,32)33)10-34-22(17)41-16)35-11-26(12-35)13-36(14-26)23(38)21-18-7-6-15(9-27(18,29)30)37(21)24(39)40-25(2,3)4;2*1-5-16-9-18-21(19(28(29,30)31)10-32-23(18)40-16)33-11-27(12-33)13-34(14-27)24(37)22-17-7-6-15(8-20(17)36)35(22)25(38)39-26(2,3)4/h8,10,15,18,21H,5-7,9,11-14H2,1-4H3;9-10,15,17,20,22,36H,5-8,11-14H2,1-4H3;9-10,15,17,22H,5-8,11-14H2,1-4H3/t15-,18-,21-;15-,17+,20+,22-;15-,17+,22-/m000/s1. The molecule has 0 unspecified atom stereocenters. The SMILES string of the molecule is CCc1cc2c(N3CC4(CN(C(=O)[C@@H]5[C@@H]6CC[C@@H](CC6(F)F)N5C(=O)OC(C)(C)C)C4)C3)c(C(F)(F)F)cnc2s1.CCc1cc2c(N3CC4(CN(C(=O)[C@@H]5[C@@H]6CC[C@@H](CC6=O)N5C(=O)OC(C)(C)C)C4)C3)c(C(F)(F)F)cnc2s1.CCc1cc2c(N3CC4(CN(C(=O)[C@@H]5[C@@H]6CC[C@@H](C[C@H]6O)N5C(=O)OC(C)(C)C)C4)C3)c(C(F)(F)F)cnc2s1. The van der Waals surface area contributed by atoms with Crippen LogP contribution in [0.3, 0.4) is 0 Å². The Bertz CT molecular complexity index is 5110. The summed E-state index contributed by atoms with van der Waals surface area (Å²) in [6, 6.07) is 0.975. The number of carbonyl (C=O) groups is 7. The van der Waals surface area contributed by atoms with Gasteiger partial charge in [0.2, 0.25) is 17.7 Å². The molecule has 6 bridgehead atoms. The maximum Gasteiger partial charge on any atom is 0.419 e. The van der Waals surface area contributed by atoms with E-state index >= 15 is 0 Å². The predicted octanol–water partition coefficient (Wildman–Crippen LogP) is 15.5. The lowest BCUT2D eigenvalue weighted by Gasteiger charge is -2.62. The summed E-state index contributed by atoms with van der Waals surface area (Å²) in [6.45, 7) is 25.8. The fourth-order valence-electron chi connectivity index (χ4n) is 21.0. The minimum atomic E-state index is -4.58. The number of aliphatic hydroxyl groups excluding tert-OH is 1. The number of carbonyl (C=O) groups excluding carboxylic acids is 7. The number of alkyl halides is 11. The van der Waals surface area contributed by atoms with Gasteiger partial charge in [0.1, 0.15) is 55.2 Å². The van der Waals surface area contributed by atoms with Gasteiger partial charge >= 0.3 is 36.8 Å². The molecule has 12 aliphatic heterocycles. The van der Waals surface area contributed by atoms with Crippen LogP contribution < -0.4 is 14.7 Å². The van der Waals surface area contributed by atoms with E-state index in [-0.39, 0.29) is 89.4 Å². The molecule has 18 heterocycles. The Morgan fingerprint density at radius 1 is 0.455 bits per heavy atom. The van der Waals surface area contributed by atoms with Crippen LogP contribution in [-0.4, -0.2) is 235 Å². The van der Waals surface area contributed by atoms with Gasteiger partial charge < -0.3 is 48.7 Å². The number of amides is 6. The largest absolute Gasteiger partial charge is 0.444 e. The van der Waals surface area contributed by atoms with Crippen molar-refractivity contribution in [3.05, 3.63) is 68.1 Å². The molecule has 3 saturated carbocycles. The molecular weight excluding hydrogens is 1660 g/mol. The normalized spacial score (nSPS) is 26.7. The highest BCUT2D eigenvalue weighted by Gasteiger charge is 2.66. The molecule has 658 valence electrons. The first-order valence-corrected chi connectivity index (χ1v) is 44.1. The number of aryl methyl sites for hydroxylation is 3. The van der Waals surface area contributed by atoms with Crippen molar-refractivity contribution < 1.29 is 101 Å². The maximum absolute atomic E-state index is 15.0. The van der Waals surface area contributed by atoms with Crippen LogP contribution in [0, 0.1) is 34.0 Å². The lowest BCUT2D eigenvalue weighted by molar-refractivity contribution is -0.195. The van der Waals surface area contributed by atoms with E-state index in [9.17, 15) is 87.0 Å². The number of ketones is 1. The molecule has 23 nitrogen and oxygen atoms in total. The van der Waals surface area contributed by atoms with Gasteiger partial charge in [-0.25, -0.2) is 38.1 Å². The number of halogens is 11. The monoisotopic (exact) mass is 1760 g/mol. The van der Waals surface area contributed by atoms with E-state index in [1.807, 2.05) is 26.8 Å². The zero-order valence-electron chi connectivity index (χ0n) is 69.5. The Morgan fingerprint density at radius 3 is 1.12 bits per heavy atom. The third kappa shape index (κ3) is 15.8. The highest BCUT2D eigenvalue weighted by molar-refractivity contribution is 7.19. The second kappa shape index (κ2) is 30.0. The molecule has 10 atom stereocenters. The van der Waals surface area contributed by atoms with Crippen molar-refractivity contribution in [3.8, 4) is 0 Å². The molecule has 121 heavy (non-hydrogen) atoms. The summed E-state index contributed by atoms with van der Waals surface area (Å²) >= 11 is 4.19. The quantitative estimate of drug-likeness (QED) is 0.105. The van der Waals surface area contributed by atoms with Gasteiger partial charge in [0.05, 0.1) is 45.8 Å². The van der Waals surface area contributed by atoms with E-state index < -0.39 is 136 Å². The smallest absolute Gasteiger partial charge is 0.419 e. The number of fused-ring (bicyclic) bond motifs is 12. The van der Waals surface area contributed by atoms with E-state index in [1.165, 1.54) is 53.6 Å². The van der Waals surface area contributed by atoms with Crippen LogP contribution in [0.2, 0.25) is 0 Å². The Labute approximate surface area is 704 Å². The van der Waals surface area contributed by atoms with Gasteiger partial charge in [0.25, 0.3) is 5.92 Å². The summed E-state index contributed by atoms with van der Waals surface area (Å²) < 4.78 is 172. The summed E-state index contributed by atoms with van der Waals surface area (Å²) in [6.07, 6.45) is -8.04. The van der Waals surface area contributed by atoms with E-state index in [0.717, 1.165) is 39.6 Å². The van der Waals surface area contributed by atoms with E-state index in [4.69, 9.17) is 14.2 Å². The molecule has 3 spiro atoms. The lowest BCUT2D eigenvalue weighted by Crippen LogP contribution is -2.76. The van der Waals surface area contributed by atoms with Gasteiger partial charge in [0.15, 0.2) is 0 Å². The molecule has 15 fully saturated rings. The molecular formula is C84H101F11N12O11S3. The molecule has 12 saturated heterocycles. The van der Waals surface area contributed by atoms with Crippen molar-refractivity contribution in [3.63, 3.8) is 0 Å². The highest BCUT2D eigenvalue weighted by Crippen LogP contribution is 2.57. The molecule has 15 aliphatic rings. The van der Waals surface area contributed by atoms with E-state index in [1.54, 1.807) is 98.9 Å². The lowest BCUT2D eigenvalue weighted by atomic mass is 9.69. The van der Waals surface area contributed by atoms with Gasteiger partial charge in [-0.2, -0.15) is 39.5 Å². The highest BCUT2D eigenvalue weighted by atomic mass is 32.1. The summed E-state index contributed by atoms with van der Waals surface area (Å²) in [5, 5.41) is 12.2. The molecule has 0 radical (unpaired) electrons. The van der Waals surface area contributed by atoms with Crippen LogP contribution in [0.5, 0.6) is 0 Å². The number of likely N-dealkylation sites (tertiary alicyclic amines) is 3. The number of hydrogen-bond donors (Lipinski definition) is 1. The molecule has 1 N–H and O–H groups in total. The average Bonchev–Trinajstić information content (AvgIpc) is 1.39. The molecule has 0 aromatic carbocycles. The average molecular weight is 1760 g/mol. The third-order valence-electron chi connectivity index (χ3n) is 26.1. The number of anilines is 3. The number of aromatic nitrogens is 3. The number of nitrogens with zero attached hydrogens (tertiary/aromatic N) is 12. The van der Waals surface area contributed by atoms with Crippen LogP contribution in [0.4, 0.5) is 79.7 Å². The fraction of sp³-hybridized carbons (Fsp3) is 0.667. The summed E-state index contributed by atoms with van der Waals surface area (Å²) in [5.41, 5.74) is -5.17. The zero-order valence-corrected chi connectivity index (χ0v) is 71.9.